The molecule has 1 N–H and O–H groups in total. The third kappa shape index (κ3) is 3.13. The van der Waals surface area contributed by atoms with E-state index < -0.39 is 17.3 Å². The number of ketones is 2. The van der Waals surface area contributed by atoms with Gasteiger partial charge in [-0.3, -0.25) is 19.2 Å². The summed E-state index contributed by atoms with van der Waals surface area (Å²) < 4.78 is 0. The van der Waals surface area contributed by atoms with E-state index in [2.05, 4.69) is 6.58 Å². The number of carbonyl (C=O) groups is 4. The molecule has 3 rings (SSSR count). The van der Waals surface area contributed by atoms with Crippen molar-refractivity contribution in [2.24, 2.45) is 0 Å². The van der Waals surface area contributed by atoms with E-state index >= 15 is 0 Å². The summed E-state index contributed by atoms with van der Waals surface area (Å²) in [5, 5.41) is 10.7. The maximum absolute atomic E-state index is 13.1. The van der Waals surface area contributed by atoms with E-state index in [-0.39, 0.29) is 54.4 Å². The zero-order chi connectivity index (χ0) is 20.6. The molecule has 1 saturated carbocycles. The van der Waals surface area contributed by atoms with Crippen molar-refractivity contribution in [2.75, 3.05) is 25.0 Å². The van der Waals surface area contributed by atoms with Crippen LogP contribution in [-0.4, -0.2) is 53.5 Å². The summed E-state index contributed by atoms with van der Waals surface area (Å²) in [7, 11) is 1.58. The zero-order valence-corrected chi connectivity index (χ0v) is 15.9. The van der Waals surface area contributed by atoms with Gasteiger partial charge >= 0.3 is 0 Å². The zero-order valence-electron chi connectivity index (χ0n) is 15.9. The Hall–Kier alpha value is -3.22. The van der Waals surface area contributed by atoms with Gasteiger partial charge in [0.05, 0.1) is 11.3 Å². The Bertz CT molecular complexity index is 926. The second-order valence-electron chi connectivity index (χ2n) is 6.98. The summed E-state index contributed by atoms with van der Waals surface area (Å²) in [6.45, 7) is 5.37. The van der Waals surface area contributed by atoms with Crippen LogP contribution in [0, 0.1) is 6.92 Å². The van der Waals surface area contributed by atoms with Crippen LogP contribution in [0.4, 0.5) is 5.69 Å². The van der Waals surface area contributed by atoms with Gasteiger partial charge in [-0.05, 0) is 31.0 Å². The first kappa shape index (κ1) is 19.5. The van der Waals surface area contributed by atoms with Crippen molar-refractivity contribution >= 4 is 34.8 Å². The number of aliphatic hydroxyl groups excluding tert-OH is 1. The SMILES string of the molecule is C=CCN1CC(=O)N(C)c2ccc(C(O)=C3C(=O)CCCC3=O)c(C)c2C1=O. The monoisotopic (exact) mass is 382 g/mol. The molecule has 0 aromatic heterocycles. The molecule has 28 heavy (non-hydrogen) atoms. The van der Waals surface area contributed by atoms with Crippen LogP contribution < -0.4 is 4.90 Å². The molecule has 2 aliphatic rings. The first-order valence-corrected chi connectivity index (χ1v) is 9.08. The number of hydrogen-bond acceptors (Lipinski definition) is 5. The number of anilines is 1. The van der Waals surface area contributed by atoms with Crippen LogP contribution in [0.3, 0.4) is 0 Å². The molecule has 1 aromatic carbocycles. The standard InChI is InChI=1S/C21H22N2O5/c1-4-10-23-11-17(26)22(3)14-9-8-13(12(2)18(14)21(23)28)20(27)19-15(24)6-5-7-16(19)25/h4,8-9,27H,1,5-7,10-11H2,2-3H3. The molecule has 1 heterocycles. The van der Waals surface area contributed by atoms with Crippen LogP contribution in [0.2, 0.25) is 0 Å². The van der Waals surface area contributed by atoms with Crippen LogP contribution in [0.5, 0.6) is 0 Å². The van der Waals surface area contributed by atoms with Crippen LogP contribution in [0.15, 0.2) is 30.4 Å². The molecule has 1 fully saturated rings. The predicted octanol–water partition coefficient (Wildman–Crippen LogP) is 2.19. The molecule has 0 bridgehead atoms. The lowest BCUT2D eigenvalue weighted by Crippen LogP contribution is -2.37. The van der Waals surface area contributed by atoms with Gasteiger partial charge in [0.1, 0.15) is 17.9 Å². The van der Waals surface area contributed by atoms with Crippen molar-refractivity contribution in [1.29, 1.82) is 0 Å². The average Bonchev–Trinajstić information content (AvgIpc) is 2.73. The number of aliphatic hydroxyl groups is 1. The molecule has 2 amide bonds. The number of benzene rings is 1. The molecular weight excluding hydrogens is 360 g/mol. The number of allylic oxidation sites excluding steroid dienone is 1. The number of amides is 2. The van der Waals surface area contributed by atoms with E-state index in [1.165, 1.54) is 21.9 Å². The number of rotatable bonds is 3. The van der Waals surface area contributed by atoms with Crippen molar-refractivity contribution in [3.05, 3.63) is 47.1 Å². The molecule has 0 saturated heterocycles. The summed E-state index contributed by atoms with van der Waals surface area (Å²) in [5.41, 5.74) is 1.13. The lowest BCUT2D eigenvalue weighted by Gasteiger charge is -2.21. The summed E-state index contributed by atoms with van der Waals surface area (Å²) >= 11 is 0. The molecule has 1 aromatic rings. The van der Waals surface area contributed by atoms with E-state index in [1.54, 1.807) is 20.0 Å². The molecule has 0 atom stereocenters. The topological polar surface area (TPSA) is 95.0 Å². The molecule has 0 radical (unpaired) electrons. The minimum atomic E-state index is -0.406. The van der Waals surface area contributed by atoms with Gasteiger partial charge in [0.15, 0.2) is 11.6 Å². The first-order valence-electron chi connectivity index (χ1n) is 9.08. The number of likely N-dealkylation sites (N-methyl/N-ethyl adjacent to an activating group) is 1. The Morgan fingerprint density at radius 1 is 1.18 bits per heavy atom. The molecule has 146 valence electrons. The number of hydrogen-bond donors (Lipinski definition) is 1. The predicted molar refractivity (Wildman–Crippen MR) is 104 cm³/mol. The van der Waals surface area contributed by atoms with E-state index in [0.29, 0.717) is 17.7 Å². The average molecular weight is 382 g/mol. The third-order valence-electron chi connectivity index (χ3n) is 5.21. The van der Waals surface area contributed by atoms with E-state index in [0.717, 1.165) is 0 Å². The van der Waals surface area contributed by atoms with Crippen LogP contribution in [0.1, 0.15) is 40.7 Å². The Morgan fingerprint density at radius 3 is 2.43 bits per heavy atom. The van der Waals surface area contributed by atoms with Crippen LogP contribution in [0.25, 0.3) is 5.76 Å². The second-order valence-corrected chi connectivity index (χ2v) is 6.98. The quantitative estimate of drug-likeness (QED) is 0.374. The largest absolute Gasteiger partial charge is 0.506 e. The highest BCUT2D eigenvalue weighted by molar-refractivity contribution is 6.26. The van der Waals surface area contributed by atoms with E-state index in [1.807, 2.05) is 0 Å². The van der Waals surface area contributed by atoms with Gasteiger partial charge in [0.25, 0.3) is 5.91 Å². The van der Waals surface area contributed by atoms with Gasteiger partial charge < -0.3 is 14.9 Å². The minimum absolute atomic E-state index is 0.0884. The van der Waals surface area contributed by atoms with Gasteiger partial charge in [0.2, 0.25) is 5.91 Å². The summed E-state index contributed by atoms with van der Waals surface area (Å²) in [6.07, 6.45) is 2.42. The molecule has 0 unspecified atom stereocenters. The van der Waals surface area contributed by atoms with Crippen molar-refractivity contribution in [3.8, 4) is 0 Å². The second kappa shape index (κ2) is 7.42. The van der Waals surface area contributed by atoms with Gasteiger partial charge in [-0.15, -0.1) is 6.58 Å². The normalized spacial score (nSPS) is 17.6. The van der Waals surface area contributed by atoms with Crippen LogP contribution in [-0.2, 0) is 14.4 Å². The number of Topliss-reactive ketones (excluding diaryl/α,β-unsaturated/α-hetero) is 2. The highest BCUT2D eigenvalue weighted by atomic mass is 16.3. The lowest BCUT2D eigenvalue weighted by molar-refractivity contribution is -0.124. The lowest BCUT2D eigenvalue weighted by atomic mass is 9.88. The molecule has 1 aliphatic heterocycles. The molecular formula is C21H22N2O5. The highest BCUT2D eigenvalue weighted by Crippen LogP contribution is 2.34. The number of nitrogens with zero attached hydrogens (tertiary/aromatic N) is 2. The Morgan fingerprint density at radius 2 is 1.82 bits per heavy atom. The Kier molecular flexibility index (Phi) is 5.18. The first-order chi connectivity index (χ1) is 13.3. The summed E-state index contributed by atoms with van der Waals surface area (Å²) in [4.78, 5) is 52.7. The number of fused-ring (bicyclic) bond motifs is 1. The number of carbonyl (C=O) groups excluding carboxylic acids is 4. The maximum Gasteiger partial charge on any atom is 0.257 e. The highest BCUT2D eigenvalue weighted by Gasteiger charge is 2.33. The van der Waals surface area contributed by atoms with Crippen LogP contribution >= 0.6 is 0 Å². The van der Waals surface area contributed by atoms with Crippen molar-refractivity contribution < 1.29 is 24.3 Å². The van der Waals surface area contributed by atoms with Gasteiger partial charge in [-0.25, -0.2) is 0 Å². The minimum Gasteiger partial charge on any atom is -0.506 e. The van der Waals surface area contributed by atoms with Gasteiger partial charge in [-0.1, -0.05) is 6.08 Å². The van der Waals surface area contributed by atoms with Gasteiger partial charge in [-0.2, -0.15) is 0 Å². The molecule has 1 aliphatic carbocycles. The smallest absolute Gasteiger partial charge is 0.257 e. The molecule has 7 nitrogen and oxygen atoms in total. The maximum atomic E-state index is 13.1. The van der Waals surface area contributed by atoms with Crippen molar-refractivity contribution in [1.82, 2.24) is 4.90 Å². The molecule has 0 spiro atoms. The fourth-order valence-corrected chi connectivity index (χ4v) is 3.65. The fraction of sp³-hybridized carbons (Fsp3) is 0.333. The van der Waals surface area contributed by atoms with Crippen molar-refractivity contribution in [3.63, 3.8) is 0 Å². The Labute approximate surface area is 162 Å². The Balaban J connectivity index is 2.21. The molecule has 7 heteroatoms. The van der Waals surface area contributed by atoms with Gasteiger partial charge in [0, 0.05) is 32.0 Å². The van der Waals surface area contributed by atoms with E-state index in [9.17, 15) is 24.3 Å². The third-order valence-corrected chi connectivity index (χ3v) is 5.21. The fourth-order valence-electron chi connectivity index (χ4n) is 3.65. The van der Waals surface area contributed by atoms with E-state index in [4.69, 9.17) is 0 Å². The summed E-state index contributed by atoms with van der Waals surface area (Å²) in [5.74, 6) is -1.81. The van der Waals surface area contributed by atoms with Crippen molar-refractivity contribution in [2.45, 2.75) is 26.2 Å². The summed E-state index contributed by atoms with van der Waals surface area (Å²) in [6, 6.07) is 3.09.